The van der Waals surface area contributed by atoms with Crippen LogP contribution in [-0.4, -0.2) is 33.9 Å². The molecule has 0 saturated carbocycles. The molecule has 1 saturated heterocycles. The quantitative estimate of drug-likeness (QED) is 0.650. The summed E-state index contributed by atoms with van der Waals surface area (Å²) in [7, 11) is 0. The Morgan fingerprint density at radius 3 is 3.00 bits per heavy atom. The summed E-state index contributed by atoms with van der Waals surface area (Å²) in [5.41, 5.74) is 2.14. The van der Waals surface area contributed by atoms with Gasteiger partial charge in [-0.3, -0.25) is 4.79 Å². The molecular formula is C23H24N4O2. The second-order valence-corrected chi connectivity index (χ2v) is 7.24. The van der Waals surface area contributed by atoms with Crippen LogP contribution in [0, 0.1) is 6.92 Å². The van der Waals surface area contributed by atoms with Crippen molar-refractivity contribution in [3.8, 4) is 0 Å². The van der Waals surface area contributed by atoms with Crippen LogP contribution in [0.25, 0.3) is 6.08 Å². The van der Waals surface area contributed by atoms with Gasteiger partial charge in [0, 0.05) is 37.0 Å². The van der Waals surface area contributed by atoms with Crippen molar-refractivity contribution in [1.82, 2.24) is 14.9 Å². The molecule has 1 aliphatic rings. The molecule has 4 heterocycles. The van der Waals surface area contributed by atoms with Crippen molar-refractivity contribution in [1.29, 1.82) is 0 Å². The molecular weight excluding hydrogens is 364 g/mol. The van der Waals surface area contributed by atoms with E-state index < -0.39 is 0 Å². The van der Waals surface area contributed by atoms with Gasteiger partial charge < -0.3 is 14.6 Å². The number of aryl methyl sites for hydroxylation is 1. The second-order valence-electron chi connectivity index (χ2n) is 7.24. The van der Waals surface area contributed by atoms with E-state index in [2.05, 4.69) is 21.4 Å². The van der Waals surface area contributed by atoms with Crippen molar-refractivity contribution in [2.45, 2.75) is 25.7 Å². The first kappa shape index (κ1) is 18.9. The average molecular weight is 388 g/mol. The zero-order valence-corrected chi connectivity index (χ0v) is 16.4. The topological polar surface area (TPSA) is 71.3 Å². The molecule has 0 aromatic carbocycles. The highest BCUT2D eigenvalue weighted by atomic mass is 16.3. The Kier molecular flexibility index (Phi) is 5.70. The highest BCUT2D eigenvalue weighted by molar-refractivity contribution is 5.91. The number of aromatic nitrogens is 2. The summed E-state index contributed by atoms with van der Waals surface area (Å²) in [6.07, 6.45) is 8.75. The van der Waals surface area contributed by atoms with Gasteiger partial charge in [-0.15, -0.1) is 0 Å². The molecule has 1 aliphatic heterocycles. The maximum atomic E-state index is 12.6. The number of likely N-dealkylation sites (tertiary alicyclic amines) is 1. The number of rotatable bonds is 5. The van der Waals surface area contributed by atoms with Crippen LogP contribution in [0.2, 0.25) is 0 Å². The predicted octanol–water partition coefficient (Wildman–Crippen LogP) is 4.54. The fraction of sp³-hybridized carbons (Fsp3) is 0.261. The number of amides is 1. The molecule has 0 aliphatic carbocycles. The fourth-order valence-electron chi connectivity index (χ4n) is 3.61. The zero-order chi connectivity index (χ0) is 20.1. The van der Waals surface area contributed by atoms with Crippen LogP contribution in [-0.2, 0) is 4.79 Å². The van der Waals surface area contributed by atoms with Crippen LogP contribution in [0.1, 0.15) is 35.8 Å². The van der Waals surface area contributed by atoms with Gasteiger partial charge in [0.2, 0.25) is 5.91 Å². The van der Waals surface area contributed by atoms with Gasteiger partial charge in [0.1, 0.15) is 17.4 Å². The molecule has 3 aromatic heterocycles. The van der Waals surface area contributed by atoms with E-state index in [9.17, 15) is 4.79 Å². The van der Waals surface area contributed by atoms with Gasteiger partial charge >= 0.3 is 0 Å². The number of pyridine rings is 2. The van der Waals surface area contributed by atoms with E-state index >= 15 is 0 Å². The first-order valence-corrected chi connectivity index (χ1v) is 9.84. The highest BCUT2D eigenvalue weighted by Gasteiger charge is 2.24. The predicted molar refractivity (Wildman–Crippen MR) is 113 cm³/mol. The van der Waals surface area contributed by atoms with Gasteiger partial charge in [-0.05, 0) is 67.8 Å². The van der Waals surface area contributed by atoms with Crippen molar-refractivity contribution >= 4 is 23.6 Å². The highest BCUT2D eigenvalue weighted by Crippen LogP contribution is 2.28. The molecule has 1 N–H and O–H groups in total. The SMILES string of the molecule is Cc1cccc(Nc2cc(C3CCCN(C(=O)C=Cc4ccco4)C3)ccn2)n1. The molecule has 0 radical (unpaired) electrons. The Labute approximate surface area is 170 Å². The monoisotopic (exact) mass is 388 g/mol. The van der Waals surface area contributed by atoms with Crippen LogP contribution in [0.4, 0.5) is 11.6 Å². The molecule has 4 rings (SSSR count). The Bertz CT molecular complexity index is 998. The van der Waals surface area contributed by atoms with E-state index in [0.717, 1.165) is 36.7 Å². The van der Waals surface area contributed by atoms with Crippen LogP contribution < -0.4 is 5.32 Å². The minimum absolute atomic E-state index is 0.0162. The van der Waals surface area contributed by atoms with Gasteiger partial charge in [0.15, 0.2) is 0 Å². The number of carbonyl (C=O) groups is 1. The molecule has 3 aromatic rings. The van der Waals surface area contributed by atoms with Crippen LogP contribution >= 0.6 is 0 Å². The maximum absolute atomic E-state index is 12.6. The van der Waals surface area contributed by atoms with Crippen molar-refractivity contribution in [3.05, 3.63) is 78.0 Å². The van der Waals surface area contributed by atoms with Crippen molar-refractivity contribution in [2.24, 2.45) is 0 Å². The van der Waals surface area contributed by atoms with Crippen LogP contribution in [0.15, 0.2) is 65.4 Å². The number of piperidine rings is 1. The minimum atomic E-state index is 0.0162. The Morgan fingerprint density at radius 2 is 2.17 bits per heavy atom. The number of nitrogens with one attached hydrogen (secondary N) is 1. The van der Waals surface area contributed by atoms with Crippen molar-refractivity contribution in [2.75, 3.05) is 18.4 Å². The third kappa shape index (κ3) is 4.90. The molecule has 0 bridgehead atoms. The number of hydrogen-bond donors (Lipinski definition) is 1. The Balaban J connectivity index is 1.43. The smallest absolute Gasteiger partial charge is 0.246 e. The van der Waals surface area contributed by atoms with Gasteiger partial charge in [0.05, 0.1) is 6.26 Å². The van der Waals surface area contributed by atoms with Crippen molar-refractivity contribution < 1.29 is 9.21 Å². The lowest BCUT2D eigenvalue weighted by Gasteiger charge is -2.32. The maximum Gasteiger partial charge on any atom is 0.246 e. The summed E-state index contributed by atoms with van der Waals surface area (Å²) in [6, 6.07) is 13.6. The second kappa shape index (κ2) is 8.73. The zero-order valence-electron chi connectivity index (χ0n) is 16.4. The lowest BCUT2D eigenvalue weighted by Crippen LogP contribution is -2.38. The van der Waals surface area contributed by atoms with Crippen LogP contribution in [0.5, 0.6) is 0 Å². The molecule has 0 spiro atoms. The lowest BCUT2D eigenvalue weighted by molar-refractivity contribution is -0.127. The average Bonchev–Trinajstić information content (AvgIpc) is 3.26. The summed E-state index contributed by atoms with van der Waals surface area (Å²) in [5, 5.41) is 3.27. The minimum Gasteiger partial charge on any atom is -0.465 e. The third-order valence-corrected chi connectivity index (χ3v) is 5.07. The summed E-state index contributed by atoms with van der Waals surface area (Å²) in [6.45, 7) is 3.44. The molecule has 29 heavy (non-hydrogen) atoms. The van der Waals surface area contributed by atoms with Crippen molar-refractivity contribution in [3.63, 3.8) is 0 Å². The fourth-order valence-corrected chi connectivity index (χ4v) is 3.61. The summed E-state index contributed by atoms with van der Waals surface area (Å²) in [5.74, 6) is 2.53. The van der Waals surface area contributed by atoms with E-state index in [-0.39, 0.29) is 5.91 Å². The first-order chi connectivity index (χ1) is 14.2. The van der Waals surface area contributed by atoms with E-state index in [4.69, 9.17) is 4.42 Å². The van der Waals surface area contributed by atoms with E-state index in [1.54, 1.807) is 18.4 Å². The van der Waals surface area contributed by atoms with Gasteiger partial charge in [-0.25, -0.2) is 9.97 Å². The number of furan rings is 1. The number of nitrogens with zero attached hydrogens (tertiary/aromatic N) is 3. The molecule has 1 amide bonds. The standard InChI is InChI=1S/C23H24N4O2/c1-17-5-2-8-21(25-17)26-22-15-18(11-12-24-22)19-6-3-13-27(16-19)23(28)10-9-20-7-4-14-29-20/h2,4-5,7-12,14-15,19H,3,6,13,16H2,1H3,(H,24,25,26). The third-order valence-electron chi connectivity index (χ3n) is 5.07. The Morgan fingerprint density at radius 1 is 1.24 bits per heavy atom. The van der Waals surface area contributed by atoms with E-state index in [1.807, 2.05) is 54.4 Å². The number of hydrogen-bond acceptors (Lipinski definition) is 5. The summed E-state index contributed by atoms with van der Waals surface area (Å²) < 4.78 is 5.25. The van der Waals surface area contributed by atoms with Gasteiger partial charge in [0.25, 0.3) is 0 Å². The largest absolute Gasteiger partial charge is 0.465 e. The molecule has 1 atom stereocenters. The first-order valence-electron chi connectivity index (χ1n) is 9.84. The molecule has 6 heteroatoms. The molecule has 1 fully saturated rings. The molecule has 148 valence electrons. The van der Waals surface area contributed by atoms with Crippen LogP contribution in [0.3, 0.4) is 0 Å². The number of carbonyl (C=O) groups excluding carboxylic acids is 1. The summed E-state index contributed by atoms with van der Waals surface area (Å²) in [4.78, 5) is 23.4. The summed E-state index contributed by atoms with van der Waals surface area (Å²) >= 11 is 0. The molecule has 6 nitrogen and oxygen atoms in total. The van der Waals surface area contributed by atoms with Gasteiger partial charge in [-0.1, -0.05) is 6.07 Å². The Hall–Kier alpha value is -3.41. The lowest BCUT2D eigenvalue weighted by atomic mass is 9.91. The van der Waals surface area contributed by atoms with E-state index in [1.165, 1.54) is 5.56 Å². The normalized spacial score (nSPS) is 16.9. The van der Waals surface area contributed by atoms with E-state index in [0.29, 0.717) is 18.2 Å². The molecule has 1 unspecified atom stereocenters. The number of anilines is 2. The van der Waals surface area contributed by atoms with Gasteiger partial charge in [-0.2, -0.15) is 0 Å².